The summed E-state index contributed by atoms with van der Waals surface area (Å²) in [6.07, 6.45) is 0.0128. The molecule has 1 spiro atoms. The fraction of sp³-hybridized carbons (Fsp3) is 0.857. The van der Waals surface area contributed by atoms with Gasteiger partial charge < -0.3 is 24.8 Å². The van der Waals surface area contributed by atoms with Crippen LogP contribution in [-0.4, -0.2) is 57.4 Å². The second kappa shape index (κ2) is 7.23. The van der Waals surface area contributed by atoms with Crippen LogP contribution in [0.15, 0.2) is 11.6 Å². The fourth-order valence-corrected chi connectivity index (χ4v) is 5.31. The summed E-state index contributed by atoms with van der Waals surface area (Å²) in [5, 5.41) is 30.2. The van der Waals surface area contributed by atoms with Crippen LogP contribution in [0.3, 0.4) is 0 Å². The van der Waals surface area contributed by atoms with E-state index < -0.39 is 36.3 Å². The first kappa shape index (κ1) is 20.9. The summed E-state index contributed by atoms with van der Waals surface area (Å²) in [6.45, 7) is 9.87. The summed E-state index contributed by atoms with van der Waals surface area (Å²) in [6, 6.07) is 0. The molecule has 0 aromatic carbocycles. The normalized spacial score (nSPS) is 46.0. The lowest BCUT2D eigenvalue weighted by molar-refractivity contribution is -0.322. The quantitative estimate of drug-likeness (QED) is 0.690. The Kier molecular flexibility index (Phi) is 5.60. The summed E-state index contributed by atoms with van der Waals surface area (Å²) in [4.78, 5) is 11.9. The molecule has 3 aliphatic rings. The summed E-state index contributed by atoms with van der Waals surface area (Å²) in [5.74, 6) is 0.765. The minimum absolute atomic E-state index is 0.0360. The van der Waals surface area contributed by atoms with E-state index in [0.717, 1.165) is 19.3 Å². The van der Waals surface area contributed by atoms with Crippen LogP contribution >= 0.6 is 0 Å². The van der Waals surface area contributed by atoms with Gasteiger partial charge >= 0.3 is 0 Å². The van der Waals surface area contributed by atoms with Gasteiger partial charge in [-0.2, -0.15) is 0 Å². The van der Waals surface area contributed by atoms with E-state index in [4.69, 9.17) is 9.47 Å². The maximum Gasteiger partial charge on any atom is 0.187 e. The molecule has 2 fully saturated rings. The monoisotopic (exact) mass is 382 g/mol. The van der Waals surface area contributed by atoms with Crippen LogP contribution < -0.4 is 0 Å². The number of hydrogen-bond acceptors (Lipinski definition) is 6. The predicted octanol–water partition coefficient (Wildman–Crippen LogP) is 1.95. The highest BCUT2D eigenvalue weighted by atomic mass is 16.7. The van der Waals surface area contributed by atoms with Crippen molar-refractivity contribution in [1.82, 2.24) is 0 Å². The van der Waals surface area contributed by atoms with Gasteiger partial charge in [0.1, 0.15) is 18.3 Å². The van der Waals surface area contributed by atoms with Gasteiger partial charge in [-0.3, -0.25) is 4.79 Å². The number of allylic oxidation sites excluding steroid dienone is 2. The number of aliphatic hydroxyl groups excluding tert-OH is 3. The third kappa shape index (κ3) is 3.62. The number of rotatable bonds is 3. The third-order valence-electron chi connectivity index (χ3n) is 7.37. The standard InChI is InChI=1S/C21H34O6/c1-11-8-15(22)9-12(2)21(11)7-6-14(10-21)20(4,5)27-19-18(25)17(24)16(23)13(3)26-19/h8,12-14,16-19,23-25H,6-7,9-10H2,1-5H3/t12-,13+,14+,16-,17-,18+,19-,21+/m0/s1. The second-order valence-corrected chi connectivity index (χ2v) is 9.40. The van der Waals surface area contributed by atoms with E-state index in [0.29, 0.717) is 12.3 Å². The Morgan fingerprint density at radius 2 is 1.85 bits per heavy atom. The Hall–Kier alpha value is -0.790. The lowest BCUT2D eigenvalue weighted by Gasteiger charge is -2.45. The first-order valence-corrected chi connectivity index (χ1v) is 10.1. The summed E-state index contributed by atoms with van der Waals surface area (Å²) in [7, 11) is 0. The topological polar surface area (TPSA) is 96.2 Å². The highest BCUT2D eigenvalue weighted by molar-refractivity contribution is 5.91. The largest absolute Gasteiger partial charge is 0.388 e. The van der Waals surface area contributed by atoms with Crippen LogP contribution in [-0.2, 0) is 14.3 Å². The van der Waals surface area contributed by atoms with Crippen molar-refractivity contribution in [3.8, 4) is 0 Å². The maximum absolute atomic E-state index is 11.9. The molecule has 1 saturated carbocycles. The lowest BCUT2D eigenvalue weighted by Crippen LogP contribution is -2.59. The molecule has 27 heavy (non-hydrogen) atoms. The Bertz CT molecular complexity index is 614. The zero-order valence-electron chi connectivity index (χ0n) is 17.0. The van der Waals surface area contributed by atoms with E-state index in [1.54, 1.807) is 6.92 Å². The van der Waals surface area contributed by atoms with Crippen molar-refractivity contribution in [2.24, 2.45) is 17.3 Å². The SMILES string of the molecule is CC1=CC(=O)C[C@H](C)[C@@]12CC[C@@H](C(C)(C)O[C@@H]1O[C@H](C)[C@H](O)[C@H](O)[C@H]1O)C2. The first-order valence-electron chi connectivity index (χ1n) is 10.1. The Morgan fingerprint density at radius 3 is 2.48 bits per heavy atom. The van der Waals surface area contributed by atoms with Gasteiger partial charge in [0, 0.05) is 6.42 Å². The van der Waals surface area contributed by atoms with Gasteiger partial charge in [0.15, 0.2) is 12.1 Å². The van der Waals surface area contributed by atoms with Crippen LogP contribution in [0.25, 0.3) is 0 Å². The molecule has 3 N–H and O–H groups in total. The van der Waals surface area contributed by atoms with Crippen LogP contribution in [0, 0.1) is 17.3 Å². The molecule has 6 nitrogen and oxygen atoms in total. The van der Waals surface area contributed by atoms with Gasteiger partial charge in [0.25, 0.3) is 0 Å². The average molecular weight is 382 g/mol. The van der Waals surface area contributed by atoms with E-state index in [1.807, 2.05) is 19.9 Å². The number of aliphatic hydroxyl groups is 3. The molecule has 6 heteroatoms. The van der Waals surface area contributed by atoms with Gasteiger partial charge in [-0.05, 0) is 70.3 Å². The number of ether oxygens (including phenoxy) is 2. The van der Waals surface area contributed by atoms with Gasteiger partial charge in [0.05, 0.1) is 11.7 Å². The molecule has 0 aromatic rings. The molecule has 1 saturated heterocycles. The van der Waals surface area contributed by atoms with Crippen LogP contribution in [0.2, 0.25) is 0 Å². The van der Waals surface area contributed by atoms with Crippen molar-refractivity contribution in [2.45, 2.75) is 96.6 Å². The molecule has 0 unspecified atom stereocenters. The number of ketones is 1. The predicted molar refractivity (Wildman–Crippen MR) is 99.8 cm³/mol. The zero-order chi connectivity index (χ0) is 20.1. The van der Waals surface area contributed by atoms with Gasteiger partial charge in [-0.25, -0.2) is 0 Å². The Morgan fingerprint density at radius 1 is 1.19 bits per heavy atom. The van der Waals surface area contributed by atoms with E-state index >= 15 is 0 Å². The number of hydrogen-bond donors (Lipinski definition) is 3. The zero-order valence-corrected chi connectivity index (χ0v) is 17.0. The molecule has 0 amide bonds. The van der Waals surface area contributed by atoms with Crippen molar-refractivity contribution in [3.05, 3.63) is 11.6 Å². The molecular weight excluding hydrogens is 348 g/mol. The van der Waals surface area contributed by atoms with E-state index in [9.17, 15) is 20.1 Å². The molecule has 8 atom stereocenters. The molecular formula is C21H34O6. The van der Waals surface area contributed by atoms with Crippen LogP contribution in [0.4, 0.5) is 0 Å². The van der Waals surface area contributed by atoms with Crippen LogP contribution in [0.1, 0.15) is 60.3 Å². The van der Waals surface area contributed by atoms with Crippen molar-refractivity contribution >= 4 is 5.78 Å². The van der Waals surface area contributed by atoms with Gasteiger partial charge in [-0.15, -0.1) is 0 Å². The molecule has 2 aliphatic carbocycles. The fourth-order valence-electron chi connectivity index (χ4n) is 5.31. The second-order valence-electron chi connectivity index (χ2n) is 9.40. The van der Waals surface area contributed by atoms with E-state index in [1.165, 1.54) is 5.57 Å². The third-order valence-corrected chi connectivity index (χ3v) is 7.37. The molecule has 3 rings (SSSR count). The summed E-state index contributed by atoms with van der Waals surface area (Å²) in [5.41, 5.74) is 0.637. The van der Waals surface area contributed by atoms with Crippen molar-refractivity contribution in [2.75, 3.05) is 0 Å². The highest BCUT2D eigenvalue weighted by Gasteiger charge is 2.52. The molecule has 0 radical (unpaired) electrons. The smallest absolute Gasteiger partial charge is 0.187 e. The van der Waals surface area contributed by atoms with Crippen molar-refractivity contribution < 1.29 is 29.6 Å². The molecule has 0 bridgehead atoms. The summed E-state index contributed by atoms with van der Waals surface area (Å²) < 4.78 is 11.8. The number of carbonyl (C=O) groups excluding carboxylic acids is 1. The number of carbonyl (C=O) groups is 1. The molecule has 1 heterocycles. The first-order chi connectivity index (χ1) is 12.5. The minimum atomic E-state index is -1.29. The van der Waals surface area contributed by atoms with Gasteiger partial charge in [0.2, 0.25) is 0 Å². The average Bonchev–Trinajstić information content (AvgIpc) is 3.03. The summed E-state index contributed by atoms with van der Waals surface area (Å²) >= 11 is 0. The Balaban J connectivity index is 1.73. The van der Waals surface area contributed by atoms with Gasteiger partial charge in [-0.1, -0.05) is 12.5 Å². The lowest BCUT2D eigenvalue weighted by atomic mass is 9.64. The van der Waals surface area contributed by atoms with E-state index in [2.05, 4.69) is 13.8 Å². The van der Waals surface area contributed by atoms with Crippen molar-refractivity contribution in [3.63, 3.8) is 0 Å². The van der Waals surface area contributed by atoms with E-state index in [-0.39, 0.29) is 17.1 Å². The molecule has 154 valence electrons. The molecule has 1 aliphatic heterocycles. The van der Waals surface area contributed by atoms with Crippen molar-refractivity contribution in [1.29, 1.82) is 0 Å². The maximum atomic E-state index is 11.9. The highest BCUT2D eigenvalue weighted by Crippen LogP contribution is 2.57. The molecule has 0 aromatic heterocycles. The van der Waals surface area contributed by atoms with Crippen LogP contribution in [0.5, 0.6) is 0 Å². The minimum Gasteiger partial charge on any atom is -0.388 e. The Labute approximate surface area is 161 Å².